The van der Waals surface area contributed by atoms with Gasteiger partial charge in [0.1, 0.15) is 11.5 Å². The Labute approximate surface area is 111 Å². The molecule has 98 valence electrons. The SMILES string of the molecule is CNc1cnc(C(=O)N2CCSC(C)(C)C2)cn1. The molecule has 0 radical (unpaired) electrons. The predicted molar refractivity (Wildman–Crippen MR) is 74.0 cm³/mol. The third kappa shape index (κ3) is 2.93. The van der Waals surface area contributed by atoms with Crippen molar-refractivity contribution in [1.29, 1.82) is 0 Å². The molecule has 2 rings (SSSR count). The van der Waals surface area contributed by atoms with E-state index in [4.69, 9.17) is 0 Å². The first-order valence-corrected chi connectivity index (χ1v) is 6.93. The molecule has 1 aliphatic heterocycles. The van der Waals surface area contributed by atoms with Crippen LogP contribution in [0, 0.1) is 0 Å². The second-order valence-corrected chi connectivity index (χ2v) is 6.67. The summed E-state index contributed by atoms with van der Waals surface area (Å²) >= 11 is 1.90. The molecule has 0 bridgehead atoms. The van der Waals surface area contributed by atoms with Gasteiger partial charge in [-0.3, -0.25) is 4.79 Å². The Morgan fingerprint density at radius 3 is 2.78 bits per heavy atom. The van der Waals surface area contributed by atoms with E-state index in [9.17, 15) is 4.79 Å². The van der Waals surface area contributed by atoms with Crippen LogP contribution in [0.25, 0.3) is 0 Å². The maximum atomic E-state index is 12.3. The first kappa shape index (κ1) is 13.1. The number of amides is 1. The lowest BCUT2D eigenvalue weighted by Crippen LogP contribution is -2.46. The number of thioether (sulfide) groups is 1. The highest BCUT2D eigenvalue weighted by molar-refractivity contribution is 8.00. The quantitative estimate of drug-likeness (QED) is 0.879. The average Bonchev–Trinajstić information content (AvgIpc) is 2.37. The van der Waals surface area contributed by atoms with Crippen molar-refractivity contribution < 1.29 is 4.79 Å². The van der Waals surface area contributed by atoms with Gasteiger partial charge >= 0.3 is 0 Å². The summed E-state index contributed by atoms with van der Waals surface area (Å²) in [7, 11) is 1.77. The molecule has 6 heteroatoms. The molecular weight excluding hydrogens is 248 g/mol. The van der Waals surface area contributed by atoms with E-state index in [1.165, 1.54) is 6.20 Å². The van der Waals surface area contributed by atoms with Crippen molar-refractivity contribution >= 4 is 23.5 Å². The van der Waals surface area contributed by atoms with Crippen LogP contribution in [0.2, 0.25) is 0 Å². The molecule has 2 heterocycles. The van der Waals surface area contributed by atoms with E-state index in [1.807, 2.05) is 16.7 Å². The largest absolute Gasteiger partial charge is 0.372 e. The van der Waals surface area contributed by atoms with Gasteiger partial charge in [0.05, 0.1) is 12.4 Å². The van der Waals surface area contributed by atoms with Crippen LogP contribution in [0.15, 0.2) is 12.4 Å². The molecule has 1 fully saturated rings. The third-order valence-electron chi connectivity index (χ3n) is 2.84. The molecule has 1 amide bonds. The van der Waals surface area contributed by atoms with Crippen LogP contribution in [0.5, 0.6) is 0 Å². The number of rotatable bonds is 2. The van der Waals surface area contributed by atoms with Gasteiger partial charge < -0.3 is 10.2 Å². The summed E-state index contributed by atoms with van der Waals surface area (Å²) in [5.41, 5.74) is 0.414. The summed E-state index contributed by atoms with van der Waals surface area (Å²) < 4.78 is 0.117. The molecule has 1 aromatic rings. The Hall–Kier alpha value is -1.30. The summed E-state index contributed by atoms with van der Waals surface area (Å²) in [6, 6.07) is 0. The number of carbonyl (C=O) groups is 1. The van der Waals surface area contributed by atoms with Gasteiger partial charge in [-0.15, -0.1) is 0 Å². The van der Waals surface area contributed by atoms with E-state index in [1.54, 1.807) is 13.2 Å². The van der Waals surface area contributed by atoms with Crippen molar-refractivity contribution in [3.8, 4) is 0 Å². The Morgan fingerprint density at radius 2 is 2.22 bits per heavy atom. The van der Waals surface area contributed by atoms with Gasteiger partial charge in [-0.2, -0.15) is 11.8 Å². The smallest absolute Gasteiger partial charge is 0.274 e. The van der Waals surface area contributed by atoms with Crippen LogP contribution in [0.1, 0.15) is 24.3 Å². The molecular formula is C12H18N4OS. The fraction of sp³-hybridized carbons (Fsp3) is 0.583. The van der Waals surface area contributed by atoms with E-state index >= 15 is 0 Å². The fourth-order valence-electron chi connectivity index (χ4n) is 1.92. The number of hydrogen-bond acceptors (Lipinski definition) is 5. The highest BCUT2D eigenvalue weighted by Gasteiger charge is 2.30. The second kappa shape index (κ2) is 5.14. The molecule has 1 aromatic heterocycles. The maximum absolute atomic E-state index is 12.3. The standard InChI is InChI=1S/C12H18N4OS/c1-12(2)8-16(4-5-18-12)11(17)9-6-15-10(13-3)7-14-9/h6-7H,4-5,8H2,1-3H3,(H,13,15). The summed E-state index contributed by atoms with van der Waals surface area (Å²) in [5.74, 6) is 1.61. The van der Waals surface area contributed by atoms with Crippen molar-refractivity contribution in [1.82, 2.24) is 14.9 Å². The topological polar surface area (TPSA) is 58.1 Å². The lowest BCUT2D eigenvalue weighted by molar-refractivity contribution is 0.0741. The maximum Gasteiger partial charge on any atom is 0.274 e. The summed E-state index contributed by atoms with van der Waals surface area (Å²) in [6.07, 6.45) is 3.11. The van der Waals surface area contributed by atoms with Gasteiger partial charge in [-0.1, -0.05) is 0 Å². The highest BCUT2D eigenvalue weighted by atomic mass is 32.2. The van der Waals surface area contributed by atoms with E-state index < -0.39 is 0 Å². The molecule has 5 nitrogen and oxygen atoms in total. The van der Waals surface area contributed by atoms with Crippen LogP contribution in [0.3, 0.4) is 0 Å². The molecule has 0 unspecified atom stereocenters. The minimum absolute atomic E-state index is 0.0291. The van der Waals surface area contributed by atoms with Gasteiger partial charge in [0.25, 0.3) is 5.91 Å². The zero-order valence-electron chi connectivity index (χ0n) is 10.9. The van der Waals surface area contributed by atoms with Crippen LogP contribution in [-0.4, -0.2) is 51.4 Å². The zero-order chi connectivity index (χ0) is 13.2. The number of nitrogens with one attached hydrogen (secondary N) is 1. The summed E-state index contributed by atoms with van der Waals surface area (Å²) in [4.78, 5) is 22.4. The van der Waals surface area contributed by atoms with Gasteiger partial charge in [0.15, 0.2) is 0 Å². The summed E-state index contributed by atoms with van der Waals surface area (Å²) in [6.45, 7) is 5.86. The van der Waals surface area contributed by atoms with Crippen molar-refractivity contribution in [3.63, 3.8) is 0 Å². The predicted octanol–water partition coefficient (Wildman–Crippen LogP) is 1.49. The molecule has 18 heavy (non-hydrogen) atoms. The van der Waals surface area contributed by atoms with Gasteiger partial charge in [-0.05, 0) is 13.8 Å². The first-order valence-electron chi connectivity index (χ1n) is 5.95. The molecule has 1 N–H and O–H groups in total. The Kier molecular flexibility index (Phi) is 3.75. The minimum atomic E-state index is -0.0291. The Morgan fingerprint density at radius 1 is 1.44 bits per heavy atom. The van der Waals surface area contributed by atoms with Crippen LogP contribution < -0.4 is 5.32 Å². The van der Waals surface area contributed by atoms with Gasteiger partial charge in [-0.25, -0.2) is 9.97 Å². The zero-order valence-corrected chi connectivity index (χ0v) is 11.8. The molecule has 0 saturated carbocycles. The van der Waals surface area contributed by atoms with Crippen LogP contribution in [0.4, 0.5) is 5.82 Å². The monoisotopic (exact) mass is 266 g/mol. The van der Waals surface area contributed by atoms with Crippen molar-refractivity contribution in [2.45, 2.75) is 18.6 Å². The van der Waals surface area contributed by atoms with Crippen molar-refractivity contribution in [2.75, 3.05) is 31.2 Å². The normalized spacial score (nSPS) is 18.5. The van der Waals surface area contributed by atoms with E-state index in [2.05, 4.69) is 29.1 Å². The van der Waals surface area contributed by atoms with E-state index in [0.29, 0.717) is 11.5 Å². The minimum Gasteiger partial charge on any atom is -0.372 e. The molecule has 0 aliphatic carbocycles. The number of carbonyl (C=O) groups excluding carboxylic acids is 1. The number of aromatic nitrogens is 2. The van der Waals surface area contributed by atoms with Gasteiger partial charge in [0, 0.05) is 30.6 Å². The molecule has 1 saturated heterocycles. The average molecular weight is 266 g/mol. The number of hydrogen-bond donors (Lipinski definition) is 1. The molecule has 1 aliphatic rings. The van der Waals surface area contributed by atoms with E-state index in [-0.39, 0.29) is 10.7 Å². The Balaban J connectivity index is 2.10. The van der Waals surface area contributed by atoms with Crippen LogP contribution >= 0.6 is 11.8 Å². The summed E-state index contributed by atoms with van der Waals surface area (Å²) in [5, 5.41) is 2.88. The third-order valence-corrected chi connectivity index (χ3v) is 4.14. The second-order valence-electron chi connectivity index (χ2n) is 4.87. The highest BCUT2D eigenvalue weighted by Crippen LogP contribution is 2.29. The Bertz CT molecular complexity index is 432. The molecule has 0 atom stereocenters. The lowest BCUT2D eigenvalue weighted by atomic mass is 10.2. The molecule has 0 aromatic carbocycles. The van der Waals surface area contributed by atoms with Crippen molar-refractivity contribution in [3.05, 3.63) is 18.1 Å². The van der Waals surface area contributed by atoms with Gasteiger partial charge in [0.2, 0.25) is 0 Å². The van der Waals surface area contributed by atoms with Crippen LogP contribution in [-0.2, 0) is 0 Å². The first-order chi connectivity index (χ1) is 8.52. The molecule has 0 spiro atoms. The number of anilines is 1. The number of nitrogens with zero attached hydrogens (tertiary/aromatic N) is 3. The fourth-order valence-corrected chi connectivity index (χ4v) is 3.03. The lowest BCUT2D eigenvalue weighted by Gasteiger charge is -2.37. The van der Waals surface area contributed by atoms with E-state index in [0.717, 1.165) is 18.8 Å². The van der Waals surface area contributed by atoms with Crippen molar-refractivity contribution in [2.24, 2.45) is 0 Å².